The molecule has 2 amide bonds. The summed E-state index contributed by atoms with van der Waals surface area (Å²) >= 11 is 5.25. The minimum atomic E-state index is 0.125. The third-order valence-electron chi connectivity index (χ3n) is 9.09. The lowest BCUT2D eigenvalue weighted by Crippen LogP contribution is -2.54. The molecule has 5 fully saturated rings. The summed E-state index contributed by atoms with van der Waals surface area (Å²) in [6, 6.07) is 1.19. The monoisotopic (exact) mass is 475 g/mol. The number of thiocarbonyl (C=S) groups is 1. The maximum atomic E-state index is 13.3. The number of amides is 2. The van der Waals surface area contributed by atoms with E-state index in [0.717, 1.165) is 71.0 Å². The maximum absolute atomic E-state index is 13.3. The molecule has 0 aromatic rings. The van der Waals surface area contributed by atoms with E-state index >= 15 is 0 Å². The van der Waals surface area contributed by atoms with Crippen molar-refractivity contribution in [1.82, 2.24) is 25.3 Å². The zero-order valence-electron chi connectivity index (χ0n) is 20.2. The van der Waals surface area contributed by atoms with Crippen molar-refractivity contribution in [2.75, 3.05) is 39.3 Å². The molecule has 0 unspecified atom stereocenters. The molecule has 5 aliphatic rings. The Morgan fingerprint density at radius 2 is 1.67 bits per heavy atom. The Morgan fingerprint density at radius 3 is 2.33 bits per heavy atom. The van der Waals surface area contributed by atoms with Crippen LogP contribution in [0.15, 0.2) is 0 Å². The van der Waals surface area contributed by atoms with Gasteiger partial charge >= 0.3 is 0 Å². The van der Waals surface area contributed by atoms with Gasteiger partial charge in [-0.1, -0.05) is 19.3 Å². The molecule has 184 valence electrons. The number of nitrogens with one attached hydrogen (secondary N) is 2. The van der Waals surface area contributed by atoms with Gasteiger partial charge in [0.1, 0.15) is 0 Å². The van der Waals surface area contributed by atoms with Crippen LogP contribution < -0.4 is 10.6 Å². The molecule has 1 spiro atoms. The van der Waals surface area contributed by atoms with Crippen molar-refractivity contribution in [3.63, 3.8) is 0 Å². The second kappa shape index (κ2) is 9.68. The van der Waals surface area contributed by atoms with Gasteiger partial charge in [-0.05, 0) is 63.1 Å². The number of hydrogen-bond donors (Lipinski definition) is 2. The van der Waals surface area contributed by atoms with Crippen LogP contribution in [0.2, 0.25) is 0 Å². The quantitative estimate of drug-likeness (QED) is 0.607. The number of nitrogens with zero attached hydrogens (tertiary/aromatic N) is 3. The summed E-state index contributed by atoms with van der Waals surface area (Å²) in [7, 11) is 0. The van der Waals surface area contributed by atoms with Crippen LogP contribution in [0.4, 0.5) is 0 Å². The van der Waals surface area contributed by atoms with E-state index in [1.54, 1.807) is 0 Å². The van der Waals surface area contributed by atoms with Crippen molar-refractivity contribution in [3.05, 3.63) is 0 Å². The number of piperidine rings is 1. The van der Waals surface area contributed by atoms with Crippen LogP contribution in [0.25, 0.3) is 0 Å². The third-order valence-corrected chi connectivity index (χ3v) is 9.32. The van der Waals surface area contributed by atoms with E-state index in [9.17, 15) is 9.59 Å². The van der Waals surface area contributed by atoms with Crippen molar-refractivity contribution >= 4 is 29.1 Å². The van der Waals surface area contributed by atoms with Crippen LogP contribution in [0.1, 0.15) is 71.1 Å². The van der Waals surface area contributed by atoms with Crippen LogP contribution >= 0.6 is 12.2 Å². The number of rotatable bonds is 4. The molecule has 2 saturated carbocycles. The summed E-state index contributed by atoms with van der Waals surface area (Å²) in [5, 5.41) is 7.10. The molecule has 0 aromatic carbocycles. The molecule has 0 radical (unpaired) electrons. The molecule has 0 aromatic heterocycles. The van der Waals surface area contributed by atoms with Crippen LogP contribution in [0.3, 0.4) is 0 Å². The van der Waals surface area contributed by atoms with Gasteiger partial charge in [0.15, 0.2) is 5.11 Å². The fourth-order valence-electron chi connectivity index (χ4n) is 6.89. The normalized spacial score (nSPS) is 32.9. The van der Waals surface area contributed by atoms with Crippen LogP contribution in [0.5, 0.6) is 0 Å². The Kier molecular flexibility index (Phi) is 6.85. The highest BCUT2D eigenvalue weighted by Crippen LogP contribution is 2.60. The first-order valence-corrected chi connectivity index (χ1v) is 13.7. The molecule has 0 bridgehead atoms. The molecule has 7 nitrogen and oxygen atoms in total. The Labute approximate surface area is 204 Å². The second-order valence-electron chi connectivity index (χ2n) is 11.3. The topological polar surface area (TPSA) is 67.9 Å². The highest BCUT2D eigenvalue weighted by atomic mass is 32.1. The summed E-state index contributed by atoms with van der Waals surface area (Å²) in [5.74, 6) is 0.807. The smallest absolute Gasteiger partial charge is 0.226 e. The van der Waals surface area contributed by atoms with E-state index in [-0.39, 0.29) is 23.3 Å². The molecule has 33 heavy (non-hydrogen) atoms. The largest absolute Gasteiger partial charge is 0.360 e. The summed E-state index contributed by atoms with van der Waals surface area (Å²) in [6.07, 6.45) is 11.2. The van der Waals surface area contributed by atoms with Gasteiger partial charge < -0.3 is 20.4 Å². The molecule has 3 saturated heterocycles. The van der Waals surface area contributed by atoms with Crippen molar-refractivity contribution in [2.24, 2.45) is 11.3 Å². The van der Waals surface area contributed by atoms with E-state index in [0.29, 0.717) is 23.5 Å². The molecule has 8 heteroatoms. The van der Waals surface area contributed by atoms with Gasteiger partial charge in [-0.15, -0.1) is 0 Å². The van der Waals surface area contributed by atoms with E-state index in [1.807, 2.05) is 4.90 Å². The maximum Gasteiger partial charge on any atom is 0.226 e. The van der Waals surface area contributed by atoms with Crippen molar-refractivity contribution in [3.8, 4) is 0 Å². The minimum Gasteiger partial charge on any atom is -0.360 e. The molecule has 5 rings (SSSR count). The first-order valence-electron chi connectivity index (χ1n) is 13.3. The van der Waals surface area contributed by atoms with Crippen LogP contribution in [-0.4, -0.2) is 89.0 Å². The highest BCUT2D eigenvalue weighted by molar-refractivity contribution is 7.80. The first kappa shape index (κ1) is 23.3. The second-order valence-corrected chi connectivity index (χ2v) is 11.7. The number of carbonyl (C=O) groups is 2. The average molecular weight is 476 g/mol. The fourth-order valence-corrected chi connectivity index (χ4v) is 7.26. The van der Waals surface area contributed by atoms with E-state index in [2.05, 4.69) is 27.4 Å². The zero-order valence-corrected chi connectivity index (χ0v) is 21.0. The van der Waals surface area contributed by atoms with Gasteiger partial charge in [0.05, 0.1) is 0 Å². The zero-order chi connectivity index (χ0) is 23.0. The Bertz CT molecular complexity index is 754. The molecule has 3 heterocycles. The number of piperazine rings is 1. The van der Waals surface area contributed by atoms with Crippen LogP contribution in [0, 0.1) is 11.3 Å². The van der Waals surface area contributed by atoms with Crippen LogP contribution in [-0.2, 0) is 9.59 Å². The number of carbonyl (C=O) groups excluding carboxylic acids is 2. The Morgan fingerprint density at radius 1 is 0.970 bits per heavy atom. The van der Waals surface area contributed by atoms with Gasteiger partial charge in [0, 0.05) is 69.7 Å². The Balaban J connectivity index is 1.06. The molecule has 3 atom stereocenters. The molecule has 2 aliphatic carbocycles. The van der Waals surface area contributed by atoms with Gasteiger partial charge in [-0.2, -0.15) is 0 Å². The predicted octanol–water partition coefficient (Wildman–Crippen LogP) is 2.11. The lowest BCUT2D eigenvalue weighted by atomic mass is 9.90. The summed E-state index contributed by atoms with van der Waals surface area (Å²) in [4.78, 5) is 32.9. The van der Waals surface area contributed by atoms with Gasteiger partial charge in [0.2, 0.25) is 11.8 Å². The summed E-state index contributed by atoms with van der Waals surface area (Å²) in [6.45, 7) is 7.59. The fraction of sp³-hybridized carbons (Fsp3) is 0.880. The van der Waals surface area contributed by atoms with Crippen molar-refractivity contribution < 1.29 is 9.59 Å². The summed E-state index contributed by atoms with van der Waals surface area (Å²) in [5.41, 5.74) is 0.164. The lowest BCUT2D eigenvalue weighted by molar-refractivity contribution is -0.136. The van der Waals surface area contributed by atoms with E-state index < -0.39 is 0 Å². The van der Waals surface area contributed by atoms with Gasteiger partial charge in [-0.3, -0.25) is 14.5 Å². The minimum absolute atomic E-state index is 0.125. The molecule has 2 N–H and O–H groups in total. The summed E-state index contributed by atoms with van der Waals surface area (Å²) < 4.78 is 0. The average Bonchev–Trinajstić information content (AvgIpc) is 3.52. The Hall–Kier alpha value is -1.41. The number of likely N-dealkylation sites (tertiary alicyclic amines) is 1. The SMILES string of the molecule is C[C@@H]1C[C@@H](CC(=O)N2CCC3(CC2)C[C@@H]3C(=O)N2CCN(C3CCCCC3)CC2)NC(=S)N1. The molecular weight excluding hydrogens is 434 g/mol. The van der Waals surface area contributed by atoms with E-state index in [1.165, 1.54) is 32.1 Å². The predicted molar refractivity (Wildman–Crippen MR) is 133 cm³/mol. The standard InChI is InChI=1S/C25H41N5O2S/c1-18-15-19(27-24(33)26-18)16-22(31)29-9-7-25(8-10-29)17-21(25)23(32)30-13-11-28(12-14-30)20-5-3-2-4-6-20/h18-21H,2-17H2,1H3,(H2,26,27,33)/t18-,19+,21-/m1/s1. The lowest BCUT2D eigenvalue weighted by Gasteiger charge is -2.41. The number of hydrogen-bond acceptors (Lipinski definition) is 4. The van der Waals surface area contributed by atoms with Gasteiger partial charge in [0.25, 0.3) is 0 Å². The third kappa shape index (κ3) is 5.16. The molecule has 3 aliphatic heterocycles. The first-order chi connectivity index (χ1) is 15.9. The highest BCUT2D eigenvalue weighted by Gasteiger charge is 2.59. The molecular formula is C25H41N5O2S. The van der Waals surface area contributed by atoms with Gasteiger partial charge in [-0.25, -0.2) is 0 Å². The van der Waals surface area contributed by atoms with Crippen molar-refractivity contribution in [2.45, 2.75) is 89.3 Å². The van der Waals surface area contributed by atoms with E-state index in [4.69, 9.17) is 12.2 Å². The van der Waals surface area contributed by atoms with Crippen molar-refractivity contribution in [1.29, 1.82) is 0 Å².